The highest BCUT2D eigenvalue weighted by Gasteiger charge is 1.92. The Labute approximate surface area is 111 Å². The second-order valence-corrected chi connectivity index (χ2v) is 1.71. The third kappa shape index (κ3) is 509. The van der Waals surface area contributed by atoms with Crippen molar-refractivity contribution in [1.82, 2.24) is 0 Å². The van der Waals surface area contributed by atoms with Gasteiger partial charge < -0.3 is 49.5 Å². The Kier molecular flexibility index (Phi) is 116. The van der Waals surface area contributed by atoms with Gasteiger partial charge in [-0.15, -0.1) is 0 Å². The Balaban J connectivity index is -0.0000000150. The monoisotopic (exact) mass is 319 g/mol. The van der Waals surface area contributed by atoms with Crippen LogP contribution in [0.5, 0.6) is 0 Å². The minimum atomic E-state index is -2.17. The van der Waals surface area contributed by atoms with E-state index >= 15 is 0 Å². The van der Waals surface area contributed by atoms with Crippen LogP contribution in [0.15, 0.2) is 0 Å². The SMILES string of the molecule is F.F.F.F.N=C(N)N.N=C(N)N.N=C(N)N.OB(O)O. The Hall–Kier alpha value is -2.53. The van der Waals surface area contributed by atoms with Gasteiger partial charge in [0.2, 0.25) is 0 Å². The minimum absolute atomic E-state index is 0. The van der Waals surface area contributed by atoms with Crippen molar-refractivity contribution in [2.45, 2.75) is 0 Å². The molecule has 0 saturated heterocycles. The van der Waals surface area contributed by atoms with E-state index in [1.54, 1.807) is 0 Å². The predicted octanol–water partition coefficient (Wildman–Crippen LogP) is -4.93. The molecule has 0 unspecified atom stereocenters. The molecule has 0 aliphatic carbocycles. The van der Waals surface area contributed by atoms with Gasteiger partial charge in [0, 0.05) is 0 Å². The fraction of sp³-hybridized carbons (Fsp3) is 0. The summed E-state index contributed by atoms with van der Waals surface area (Å²) in [7, 11) is -2.17. The molecule has 0 aliphatic heterocycles. The average Bonchev–Trinajstić information content (AvgIpc) is 1.76. The Bertz CT molecular complexity index is 168. The van der Waals surface area contributed by atoms with Gasteiger partial charge in [0.25, 0.3) is 0 Å². The highest BCUT2D eigenvalue weighted by atomic mass is 19.0. The first-order valence-electron chi connectivity index (χ1n) is 3.26. The largest absolute Gasteiger partial charge is 0.631 e. The predicted molar refractivity (Wildman–Crippen MR) is 70.7 cm³/mol. The number of guanidine groups is 3. The smallest absolute Gasteiger partial charge is 0.402 e. The molecule has 0 aromatic carbocycles. The van der Waals surface area contributed by atoms with E-state index in [9.17, 15) is 0 Å². The maximum Gasteiger partial charge on any atom is 0.631 e. The van der Waals surface area contributed by atoms with Crippen LogP contribution in [0.25, 0.3) is 0 Å². The molecule has 17 heteroatoms. The van der Waals surface area contributed by atoms with E-state index in [0.717, 1.165) is 0 Å². The van der Waals surface area contributed by atoms with Crippen LogP contribution in [0.3, 0.4) is 0 Å². The molecule has 20 heavy (non-hydrogen) atoms. The minimum Gasteiger partial charge on any atom is -0.402 e. The number of hydrogen-bond acceptors (Lipinski definition) is 6. The summed E-state index contributed by atoms with van der Waals surface area (Å²) in [5.74, 6) is -1.000. The molecule has 0 atom stereocenters. The summed E-state index contributed by atoms with van der Waals surface area (Å²) in [6.45, 7) is 0. The summed E-state index contributed by atoms with van der Waals surface area (Å²) >= 11 is 0. The van der Waals surface area contributed by atoms with Gasteiger partial charge in [-0.2, -0.15) is 0 Å². The van der Waals surface area contributed by atoms with Crippen LogP contribution in [0, 0.1) is 16.2 Å². The van der Waals surface area contributed by atoms with Crippen molar-refractivity contribution >= 4 is 25.2 Å². The third-order valence-electron chi connectivity index (χ3n) is 0. The molecule has 0 aromatic heterocycles. The van der Waals surface area contributed by atoms with Crippen LogP contribution in [0.4, 0.5) is 18.8 Å². The van der Waals surface area contributed by atoms with Crippen molar-refractivity contribution in [2.24, 2.45) is 34.4 Å². The highest BCUT2D eigenvalue weighted by Crippen LogP contribution is 1.40. The highest BCUT2D eigenvalue weighted by molar-refractivity contribution is 6.30. The van der Waals surface area contributed by atoms with Gasteiger partial charge >= 0.3 is 7.32 Å². The second kappa shape index (κ2) is 43.9. The number of rotatable bonds is 0. The Morgan fingerprint density at radius 3 is 0.550 bits per heavy atom. The van der Waals surface area contributed by atoms with Crippen molar-refractivity contribution in [2.75, 3.05) is 0 Å². The second-order valence-electron chi connectivity index (χ2n) is 1.71. The van der Waals surface area contributed by atoms with Crippen molar-refractivity contribution in [3.8, 4) is 0 Å². The molecular weight excluding hydrogens is 297 g/mol. The fourth-order valence-electron chi connectivity index (χ4n) is 0. The standard InChI is InChI=1S/3CH5N3.BH3O3.4FH/c4*2-1(3)4;;;;/h3*(H5,2,3,4);2-4H;4*1H. The third-order valence-corrected chi connectivity index (χ3v) is 0. The first-order chi connectivity index (χ1) is 6.93. The van der Waals surface area contributed by atoms with Gasteiger partial charge in [-0.1, -0.05) is 0 Å². The summed E-state index contributed by atoms with van der Waals surface area (Å²) in [6, 6.07) is 0. The number of nitrogens with one attached hydrogen (secondary N) is 3. The molecule has 0 aliphatic rings. The van der Waals surface area contributed by atoms with E-state index in [0.29, 0.717) is 0 Å². The maximum absolute atomic E-state index is 7.17. The zero-order chi connectivity index (χ0) is 14.3. The van der Waals surface area contributed by atoms with E-state index in [-0.39, 0.29) is 36.7 Å². The van der Waals surface area contributed by atoms with Crippen LogP contribution in [-0.4, -0.2) is 40.3 Å². The van der Waals surface area contributed by atoms with Crippen LogP contribution < -0.4 is 34.4 Å². The number of halogens is 4. The van der Waals surface area contributed by atoms with Crippen molar-refractivity contribution < 1.29 is 33.9 Å². The van der Waals surface area contributed by atoms with Gasteiger partial charge in [-0.05, 0) is 0 Å². The van der Waals surface area contributed by atoms with Crippen LogP contribution >= 0.6 is 0 Å². The quantitative estimate of drug-likeness (QED) is 0.0879. The first kappa shape index (κ1) is 52.8. The lowest BCUT2D eigenvalue weighted by atomic mass is 10.3. The zero-order valence-corrected chi connectivity index (χ0v) is 10.0. The van der Waals surface area contributed by atoms with Crippen LogP contribution in [0.1, 0.15) is 0 Å². The first-order valence-corrected chi connectivity index (χ1v) is 3.26. The molecule has 0 rings (SSSR count). The lowest BCUT2D eigenvalue weighted by molar-refractivity contribution is 0.278. The van der Waals surface area contributed by atoms with Gasteiger partial charge in [-0.3, -0.25) is 35.0 Å². The van der Waals surface area contributed by atoms with Gasteiger partial charge in [0.15, 0.2) is 17.9 Å². The molecule has 0 spiro atoms. The van der Waals surface area contributed by atoms with E-state index in [1.807, 2.05) is 0 Å². The number of nitrogens with two attached hydrogens (primary N) is 6. The molecule has 0 aromatic rings. The normalized spacial score (nSPS) is 4.95. The summed E-state index contributed by atoms with van der Waals surface area (Å²) < 4.78 is 0. The molecule has 0 fully saturated rings. The van der Waals surface area contributed by atoms with E-state index in [1.165, 1.54) is 0 Å². The van der Waals surface area contributed by atoms with Crippen LogP contribution in [0.2, 0.25) is 0 Å². The van der Waals surface area contributed by atoms with Gasteiger partial charge in [-0.25, -0.2) is 0 Å². The summed E-state index contributed by atoms with van der Waals surface area (Å²) in [5, 5.41) is 39.7. The fourth-order valence-corrected chi connectivity index (χ4v) is 0. The van der Waals surface area contributed by atoms with Crippen LogP contribution in [-0.2, 0) is 0 Å². The summed E-state index contributed by atoms with van der Waals surface area (Å²) in [4.78, 5) is 0. The summed E-state index contributed by atoms with van der Waals surface area (Å²) in [6.07, 6.45) is 0. The molecular formula is C3H22BF4N9O3. The summed E-state index contributed by atoms with van der Waals surface area (Å²) in [5.41, 5.74) is 26.8. The van der Waals surface area contributed by atoms with E-state index < -0.39 is 7.32 Å². The van der Waals surface area contributed by atoms with E-state index in [2.05, 4.69) is 34.4 Å². The Morgan fingerprint density at radius 1 is 0.550 bits per heavy atom. The molecule has 12 nitrogen and oxygen atoms in total. The molecule has 0 radical (unpaired) electrons. The lowest BCUT2D eigenvalue weighted by Gasteiger charge is -1.69. The topological polar surface area (TPSA) is 288 Å². The molecule has 0 amide bonds. The van der Waals surface area contributed by atoms with Crippen molar-refractivity contribution in [3.63, 3.8) is 0 Å². The zero-order valence-electron chi connectivity index (χ0n) is 10.0. The van der Waals surface area contributed by atoms with Gasteiger partial charge in [0.05, 0.1) is 0 Å². The number of hydrogen-bond donors (Lipinski definition) is 12. The molecule has 0 saturated carbocycles. The average molecular weight is 319 g/mol. The molecule has 18 N–H and O–H groups in total. The lowest BCUT2D eigenvalue weighted by Crippen LogP contribution is -2.20. The Morgan fingerprint density at radius 2 is 0.550 bits per heavy atom. The van der Waals surface area contributed by atoms with Crippen molar-refractivity contribution in [3.05, 3.63) is 0 Å². The maximum atomic E-state index is 7.17. The molecule has 0 heterocycles. The molecule has 0 bridgehead atoms. The van der Waals surface area contributed by atoms with E-state index in [4.69, 9.17) is 31.3 Å². The van der Waals surface area contributed by atoms with Crippen molar-refractivity contribution in [1.29, 1.82) is 16.2 Å². The van der Waals surface area contributed by atoms with Gasteiger partial charge in [0.1, 0.15) is 0 Å². The molecule has 128 valence electrons.